The van der Waals surface area contributed by atoms with E-state index in [4.69, 9.17) is 5.73 Å². The molecule has 1 aromatic heterocycles. The fourth-order valence-electron chi connectivity index (χ4n) is 3.34. The molecule has 2 aliphatic carbocycles. The van der Waals surface area contributed by atoms with E-state index < -0.39 is 0 Å². The van der Waals surface area contributed by atoms with Gasteiger partial charge in [-0.3, -0.25) is 9.48 Å². The SMILES string of the molecule is CCCn1c(C2CC2)c(N)c(=O)n1C1CCCC1. The zero-order valence-corrected chi connectivity index (χ0v) is 11.2. The summed E-state index contributed by atoms with van der Waals surface area (Å²) in [6.07, 6.45) is 8.21. The van der Waals surface area contributed by atoms with Crippen molar-refractivity contribution in [3.8, 4) is 0 Å². The standard InChI is InChI=1S/C14H23N3O/c1-2-9-16-13(10-7-8-10)12(15)14(18)17(16)11-5-3-4-6-11/h10-11H,2-9,15H2,1H3. The van der Waals surface area contributed by atoms with E-state index in [0.717, 1.165) is 31.5 Å². The van der Waals surface area contributed by atoms with E-state index in [0.29, 0.717) is 17.6 Å². The van der Waals surface area contributed by atoms with Crippen LogP contribution in [0.5, 0.6) is 0 Å². The Bertz CT molecular complexity index is 490. The van der Waals surface area contributed by atoms with E-state index in [1.807, 2.05) is 4.68 Å². The molecule has 2 fully saturated rings. The molecule has 0 saturated heterocycles. The van der Waals surface area contributed by atoms with Crippen molar-refractivity contribution in [2.24, 2.45) is 0 Å². The number of nitrogen functional groups attached to an aromatic ring is 1. The van der Waals surface area contributed by atoms with Crippen LogP contribution in [0.1, 0.15) is 69.5 Å². The van der Waals surface area contributed by atoms with Gasteiger partial charge in [0.25, 0.3) is 5.56 Å². The third-order valence-corrected chi connectivity index (χ3v) is 4.32. The van der Waals surface area contributed by atoms with Crippen LogP contribution in [0.25, 0.3) is 0 Å². The summed E-state index contributed by atoms with van der Waals surface area (Å²) in [6.45, 7) is 3.09. The second-order valence-electron chi connectivity index (χ2n) is 5.78. The van der Waals surface area contributed by atoms with Crippen molar-refractivity contribution in [2.75, 3.05) is 5.73 Å². The minimum Gasteiger partial charge on any atom is -0.393 e. The summed E-state index contributed by atoms with van der Waals surface area (Å²) >= 11 is 0. The Morgan fingerprint density at radius 3 is 2.44 bits per heavy atom. The fraction of sp³-hybridized carbons (Fsp3) is 0.786. The lowest BCUT2D eigenvalue weighted by Crippen LogP contribution is -2.27. The van der Waals surface area contributed by atoms with Crippen LogP contribution >= 0.6 is 0 Å². The van der Waals surface area contributed by atoms with Crippen molar-refractivity contribution in [1.82, 2.24) is 9.36 Å². The molecule has 2 aliphatic rings. The summed E-state index contributed by atoms with van der Waals surface area (Å²) in [5.74, 6) is 0.548. The Morgan fingerprint density at radius 1 is 1.22 bits per heavy atom. The number of rotatable bonds is 4. The minimum atomic E-state index is 0.0669. The molecule has 4 heteroatoms. The van der Waals surface area contributed by atoms with E-state index >= 15 is 0 Å². The second kappa shape index (κ2) is 4.48. The van der Waals surface area contributed by atoms with Crippen LogP contribution in [-0.2, 0) is 6.54 Å². The Morgan fingerprint density at radius 2 is 1.89 bits per heavy atom. The van der Waals surface area contributed by atoms with Crippen LogP contribution in [0, 0.1) is 0 Å². The van der Waals surface area contributed by atoms with E-state index in [1.165, 1.54) is 25.7 Å². The van der Waals surface area contributed by atoms with Gasteiger partial charge in [-0.25, -0.2) is 4.68 Å². The number of aromatic nitrogens is 2. The number of nitrogens with two attached hydrogens (primary N) is 1. The average Bonchev–Trinajstić information content (AvgIpc) is 2.98. The normalized spacial score (nSPS) is 20.7. The number of nitrogens with zero attached hydrogens (tertiary/aromatic N) is 2. The molecule has 100 valence electrons. The summed E-state index contributed by atoms with van der Waals surface area (Å²) in [7, 11) is 0. The van der Waals surface area contributed by atoms with Crippen molar-refractivity contribution in [2.45, 2.75) is 70.4 Å². The van der Waals surface area contributed by atoms with Crippen molar-refractivity contribution >= 4 is 5.69 Å². The topological polar surface area (TPSA) is 52.9 Å². The van der Waals surface area contributed by atoms with Crippen molar-refractivity contribution in [3.05, 3.63) is 16.0 Å². The highest BCUT2D eigenvalue weighted by molar-refractivity contribution is 5.45. The van der Waals surface area contributed by atoms with E-state index in [2.05, 4.69) is 11.6 Å². The minimum absolute atomic E-state index is 0.0669. The highest BCUT2D eigenvalue weighted by Gasteiger charge is 2.34. The molecule has 1 heterocycles. The molecule has 2 N–H and O–H groups in total. The number of hydrogen-bond donors (Lipinski definition) is 1. The first-order valence-corrected chi connectivity index (χ1v) is 7.34. The van der Waals surface area contributed by atoms with Gasteiger partial charge in [-0.15, -0.1) is 0 Å². The molecule has 0 atom stereocenters. The average molecular weight is 249 g/mol. The van der Waals surface area contributed by atoms with Crippen molar-refractivity contribution in [3.63, 3.8) is 0 Å². The molecule has 2 saturated carbocycles. The second-order valence-corrected chi connectivity index (χ2v) is 5.78. The van der Waals surface area contributed by atoms with E-state index in [9.17, 15) is 4.79 Å². The smallest absolute Gasteiger partial charge is 0.290 e. The zero-order valence-electron chi connectivity index (χ0n) is 11.2. The van der Waals surface area contributed by atoms with Crippen LogP contribution in [0.15, 0.2) is 4.79 Å². The number of hydrogen-bond acceptors (Lipinski definition) is 2. The molecule has 4 nitrogen and oxygen atoms in total. The first-order chi connectivity index (χ1) is 8.74. The van der Waals surface area contributed by atoms with Gasteiger partial charge in [-0.05, 0) is 32.1 Å². The molecule has 0 aromatic carbocycles. The predicted octanol–water partition coefficient (Wildman–Crippen LogP) is 2.63. The molecule has 3 rings (SSSR count). The summed E-state index contributed by atoms with van der Waals surface area (Å²) in [4.78, 5) is 12.4. The molecule has 18 heavy (non-hydrogen) atoms. The van der Waals surface area contributed by atoms with Gasteiger partial charge in [-0.1, -0.05) is 19.8 Å². The molecular weight excluding hydrogens is 226 g/mol. The zero-order chi connectivity index (χ0) is 12.7. The maximum Gasteiger partial charge on any atom is 0.290 e. The van der Waals surface area contributed by atoms with Gasteiger partial charge < -0.3 is 5.73 Å². The van der Waals surface area contributed by atoms with Crippen molar-refractivity contribution < 1.29 is 0 Å². The van der Waals surface area contributed by atoms with E-state index in [1.54, 1.807) is 0 Å². The van der Waals surface area contributed by atoms with Crippen LogP contribution in [0.2, 0.25) is 0 Å². The van der Waals surface area contributed by atoms with Crippen LogP contribution < -0.4 is 11.3 Å². The largest absolute Gasteiger partial charge is 0.393 e. The summed E-state index contributed by atoms with van der Waals surface area (Å²) in [5.41, 5.74) is 7.81. The maximum absolute atomic E-state index is 12.4. The Kier molecular flexibility index (Phi) is 2.96. The highest BCUT2D eigenvalue weighted by Crippen LogP contribution is 2.43. The molecule has 0 radical (unpaired) electrons. The summed E-state index contributed by atoms with van der Waals surface area (Å²) in [6, 6.07) is 0.388. The van der Waals surface area contributed by atoms with Gasteiger partial charge >= 0.3 is 0 Å². The maximum atomic E-state index is 12.4. The van der Waals surface area contributed by atoms with Crippen molar-refractivity contribution in [1.29, 1.82) is 0 Å². The lowest BCUT2D eigenvalue weighted by atomic mass is 10.2. The number of anilines is 1. The third kappa shape index (κ3) is 1.78. The monoisotopic (exact) mass is 249 g/mol. The molecule has 0 amide bonds. The third-order valence-electron chi connectivity index (χ3n) is 4.32. The quantitative estimate of drug-likeness (QED) is 0.891. The molecule has 0 spiro atoms. The lowest BCUT2D eigenvalue weighted by molar-refractivity contribution is 0.355. The fourth-order valence-corrected chi connectivity index (χ4v) is 3.34. The van der Waals surface area contributed by atoms with Crippen LogP contribution in [0.4, 0.5) is 5.69 Å². The first kappa shape index (κ1) is 11.9. The lowest BCUT2D eigenvalue weighted by Gasteiger charge is -2.18. The van der Waals surface area contributed by atoms with Gasteiger partial charge in [0, 0.05) is 12.5 Å². The van der Waals surface area contributed by atoms with Gasteiger partial charge in [0.2, 0.25) is 0 Å². The molecule has 0 bridgehead atoms. The van der Waals surface area contributed by atoms with E-state index in [-0.39, 0.29) is 5.56 Å². The van der Waals surface area contributed by atoms with Gasteiger partial charge in [0.05, 0.1) is 11.7 Å². The molecule has 1 aromatic rings. The molecule has 0 unspecified atom stereocenters. The van der Waals surface area contributed by atoms with Gasteiger partial charge in [-0.2, -0.15) is 0 Å². The summed E-state index contributed by atoms with van der Waals surface area (Å²) < 4.78 is 4.20. The summed E-state index contributed by atoms with van der Waals surface area (Å²) in [5, 5.41) is 0. The van der Waals surface area contributed by atoms with Gasteiger partial charge in [0.15, 0.2) is 0 Å². The predicted molar refractivity (Wildman–Crippen MR) is 72.9 cm³/mol. The molecular formula is C14H23N3O. The molecule has 0 aliphatic heterocycles. The van der Waals surface area contributed by atoms with Crippen LogP contribution in [0.3, 0.4) is 0 Å². The first-order valence-electron chi connectivity index (χ1n) is 7.34. The highest BCUT2D eigenvalue weighted by atomic mass is 16.1. The Hall–Kier alpha value is -1.19. The Balaban J connectivity index is 2.09. The van der Waals surface area contributed by atoms with Crippen LogP contribution in [-0.4, -0.2) is 9.36 Å². The van der Waals surface area contributed by atoms with Gasteiger partial charge in [0.1, 0.15) is 5.69 Å². The Labute approximate surface area is 108 Å².